The normalized spacial score (nSPS) is 10.6. The summed E-state index contributed by atoms with van der Waals surface area (Å²) in [6.45, 7) is 3.65. The van der Waals surface area contributed by atoms with Gasteiger partial charge in [0.1, 0.15) is 0 Å². The molecule has 0 bridgehead atoms. The fraction of sp³-hybridized carbons (Fsp3) is 0.600. The first-order valence-corrected chi connectivity index (χ1v) is 4.28. The quantitative estimate of drug-likeness (QED) is 0.386. The molecule has 0 saturated heterocycles. The van der Waals surface area contributed by atoms with E-state index >= 15 is 0 Å². The first kappa shape index (κ1) is 10.4. The summed E-state index contributed by atoms with van der Waals surface area (Å²) in [6.07, 6.45) is 10.9. The van der Waals surface area contributed by atoms with E-state index in [-0.39, 0.29) is 0 Å². The molecule has 0 aliphatic carbocycles. The topological polar surface area (TPSA) is 0 Å². The van der Waals surface area contributed by atoms with Crippen LogP contribution >= 0.6 is 0 Å². The van der Waals surface area contributed by atoms with E-state index in [1.54, 1.807) is 6.08 Å². The van der Waals surface area contributed by atoms with Crippen molar-refractivity contribution >= 4 is 0 Å². The van der Waals surface area contributed by atoms with Crippen LogP contribution in [0.25, 0.3) is 0 Å². The summed E-state index contributed by atoms with van der Waals surface area (Å²) in [6, 6.07) is 0. The highest BCUT2D eigenvalue weighted by Crippen LogP contribution is 2.05. The van der Waals surface area contributed by atoms with Gasteiger partial charge in [0, 0.05) is 0 Å². The van der Waals surface area contributed by atoms with Crippen LogP contribution in [-0.2, 0) is 0 Å². The number of hydrogen-bond acceptors (Lipinski definition) is 0. The van der Waals surface area contributed by atoms with Crippen molar-refractivity contribution in [3.05, 3.63) is 25.1 Å². The molecule has 1 heteroatoms. The molecule has 0 aromatic rings. The average molecular weight is 156 g/mol. The van der Waals surface area contributed by atoms with Crippen molar-refractivity contribution < 1.29 is 4.39 Å². The van der Waals surface area contributed by atoms with Gasteiger partial charge >= 0.3 is 0 Å². The van der Waals surface area contributed by atoms with Gasteiger partial charge in [-0.2, -0.15) is 0 Å². The second kappa shape index (κ2) is 9.41. The van der Waals surface area contributed by atoms with Gasteiger partial charge in [-0.05, 0) is 25.7 Å². The van der Waals surface area contributed by atoms with Crippen LogP contribution < -0.4 is 0 Å². The highest BCUT2D eigenvalue weighted by Gasteiger charge is 1.86. The lowest BCUT2D eigenvalue weighted by molar-refractivity contribution is 0.645. The molecule has 0 N–H and O–H groups in total. The molecule has 0 radical (unpaired) electrons. The van der Waals surface area contributed by atoms with Crippen LogP contribution in [0.3, 0.4) is 0 Å². The van der Waals surface area contributed by atoms with Crippen LogP contribution in [0.1, 0.15) is 38.5 Å². The van der Waals surface area contributed by atoms with Crippen molar-refractivity contribution in [1.29, 1.82) is 0 Å². The minimum Gasteiger partial charge on any atom is -0.216 e. The molecule has 64 valence electrons. The largest absolute Gasteiger partial charge is 0.216 e. The van der Waals surface area contributed by atoms with Crippen molar-refractivity contribution in [2.24, 2.45) is 0 Å². The Morgan fingerprint density at radius 2 is 1.64 bits per heavy atom. The monoisotopic (exact) mass is 156 g/mol. The summed E-state index contributed by atoms with van der Waals surface area (Å²) in [4.78, 5) is 0. The number of allylic oxidation sites excluding steroid dienone is 2. The smallest absolute Gasteiger partial charge is 0.0827 e. The van der Waals surface area contributed by atoms with Gasteiger partial charge in [0.15, 0.2) is 0 Å². The zero-order valence-corrected chi connectivity index (χ0v) is 7.06. The lowest BCUT2D eigenvalue weighted by Gasteiger charge is -1.95. The molecule has 0 aliphatic heterocycles. The Kier molecular flexibility index (Phi) is 8.91. The van der Waals surface area contributed by atoms with Gasteiger partial charge < -0.3 is 0 Å². The van der Waals surface area contributed by atoms with Crippen LogP contribution in [0.4, 0.5) is 4.39 Å². The van der Waals surface area contributed by atoms with Gasteiger partial charge in [-0.25, -0.2) is 4.39 Å². The highest BCUT2D eigenvalue weighted by atomic mass is 19.1. The predicted octanol–water partition coefficient (Wildman–Crippen LogP) is 4.00. The standard InChI is InChI=1S/C10H17F/c1-2-3-4-5-6-7-8-9-10-11/h2,9-10H,1,3-8H2. The molecular weight excluding hydrogens is 139 g/mol. The van der Waals surface area contributed by atoms with Gasteiger partial charge in [0.2, 0.25) is 0 Å². The Bertz CT molecular complexity index is 105. The molecule has 0 atom stereocenters. The fourth-order valence-electron chi connectivity index (χ4n) is 0.967. The summed E-state index contributed by atoms with van der Waals surface area (Å²) in [7, 11) is 0. The highest BCUT2D eigenvalue weighted by molar-refractivity contribution is 4.71. The van der Waals surface area contributed by atoms with Crippen molar-refractivity contribution in [2.45, 2.75) is 38.5 Å². The van der Waals surface area contributed by atoms with Gasteiger partial charge in [-0.1, -0.05) is 25.0 Å². The lowest BCUT2D eigenvalue weighted by atomic mass is 10.1. The zero-order chi connectivity index (χ0) is 8.36. The van der Waals surface area contributed by atoms with E-state index in [1.165, 1.54) is 19.3 Å². The van der Waals surface area contributed by atoms with Crippen molar-refractivity contribution in [3.63, 3.8) is 0 Å². The van der Waals surface area contributed by atoms with Gasteiger partial charge in [-0.15, -0.1) is 6.58 Å². The molecule has 0 aromatic carbocycles. The van der Waals surface area contributed by atoms with Crippen LogP contribution in [0.5, 0.6) is 0 Å². The van der Waals surface area contributed by atoms with E-state index in [1.807, 2.05) is 6.08 Å². The van der Waals surface area contributed by atoms with Crippen LogP contribution in [0, 0.1) is 0 Å². The Labute approximate surface area is 68.8 Å². The molecule has 0 spiro atoms. The van der Waals surface area contributed by atoms with Crippen LogP contribution in [-0.4, -0.2) is 0 Å². The number of halogens is 1. The molecule has 0 rings (SSSR count). The molecule has 0 heterocycles. The van der Waals surface area contributed by atoms with Crippen LogP contribution in [0.15, 0.2) is 25.1 Å². The summed E-state index contributed by atoms with van der Waals surface area (Å²) in [5.41, 5.74) is 0. The van der Waals surface area contributed by atoms with Gasteiger partial charge in [0.25, 0.3) is 0 Å². The third kappa shape index (κ3) is 9.41. The van der Waals surface area contributed by atoms with Crippen molar-refractivity contribution in [3.8, 4) is 0 Å². The van der Waals surface area contributed by atoms with E-state index in [0.717, 1.165) is 19.3 Å². The second-order valence-electron chi connectivity index (χ2n) is 2.64. The van der Waals surface area contributed by atoms with Gasteiger partial charge in [0.05, 0.1) is 6.33 Å². The fourth-order valence-corrected chi connectivity index (χ4v) is 0.967. The molecule has 11 heavy (non-hydrogen) atoms. The van der Waals surface area contributed by atoms with E-state index in [4.69, 9.17) is 0 Å². The first-order chi connectivity index (χ1) is 5.41. The molecule has 0 fully saturated rings. The van der Waals surface area contributed by atoms with Gasteiger partial charge in [-0.3, -0.25) is 0 Å². The number of unbranched alkanes of at least 4 members (excludes halogenated alkanes) is 5. The third-order valence-electron chi connectivity index (χ3n) is 1.62. The zero-order valence-electron chi connectivity index (χ0n) is 7.06. The maximum Gasteiger partial charge on any atom is 0.0827 e. The lowest BCUT2D eigenvalue weighted by Crippen LogP contribution is -1.75. The van der Waals surface area contributed by atoms with E-state index in [2.05, 4.69) is 6.58 Å². The van der Waals surface area contributed by atoms with Crippen LogP contribution in [0.2, 0.25) is 0 Å². The summed E-state index contributed by atoms with van der Waals surface area (Å²) in [5, 5.41) is 0. The predicted molar refractivity (Wildman–Crippen MR) is 48.1 cm³/mol. The maximum absolute atomic E-state index is 11.4. The van der Waals surface area contributed by atoms with E-state index < -0.39 is 0 Å². The molecule has 0 amide bonds. The molecule has 0 aromatic heterocycles. The summed E-state index contributed by atoms with van der Waals surface area (Å²) in [5.74, 6) is 0. The first-order valence-electron chi connectivity index (χ1n) is 4.28. The Morgan fingerprint density at radius 1 is 1.00 bits per heavy atom. The van der Waals surface area contributed by atoms with Crippen molar-refractivity contribution in [2.75, 3.05) is 0 Å². The van der Waals surface area contributed by atoms with Crippen molar-refractivity contribution in [1.82, 2.24) is 0 Å². The Hall–Kier alpha value is -0.590. The molecule has 0 saturated carbocycles. The van der Waals surface area contributed by atoms with E-state index in [0.29, 0.717) is 6.33 Å². The Balaban J connectivity index is 2.84. The molecular formula is C10H17F. The molecule has 0 unspecified atom stereocenters. The maximum atomic E-state index is 11.4. The second-order valence-corrected chi connectivity index (χ2v) is 2.64. The molecule has 0 aliphatic rings. The number of rotatable bonds is 7. The summed E-state index contributed by atoms with van der Waals surface area (Å²) < 4.78 is 11.4. The Morgan fingerprint density at radius 3 is 2.18 bits per heavy atom. The minimum atomic E-state index is 0.629. The SMILES string of the molecule is C=CCCCCCCC=CF. The number of hydrogen-bond donors (Lipinski definition) is 0. The minimum absolute atomic E-state index is 0.629. The summed E-state index contributed by atoms with van der Waals surface area (Å²) >= 11 is 0. The third-order valence-corrected chi connectivity index (χ3v) is 1.62. The van der Waals surface area contributed by atoms with E-state index in [9.17, 15) is 4.39 Å². The average Bonchev–Trinajstić information content (AvgIpc) is 2.03. The molecule has 0 nitrogen and oxygen atoms in total.